The zero-order valence-electron chi connectivity index (χ0n) is 11.0. The van der Waals surface area contributed by atoms with Crippen LogP contribution in [-0.4, -0.2) is 42.9 Å². The Bertz CT molecular complexity index is 516. The predicted octanol–water partition coefficient (Wildman–Crippen LogP) is 1.75. The number of likely N-dealkylation sites (tertiary alicyclic amines) is 1. The molecular formula is C13H15Cl2N3O2. The Morgan fingerprint density at radius 3 is 2.60 bits per heavy atom. The molecule has 1 saturated heterocycles. The number of carbonyl (C=O) groups is 2. The molecule has 108 valence electrons. The van der Waals surface area contributed by atoms with Gasteiger partial charge in [-0.25, -0.2) is 0 Å². The average Bonchev–Trinajstić information content (AvgIpc) is 2.72. The summed E-state index contributed by atoms with van der Waals surface area (Å²) < 4.78 is 0. The Balaban J connectivity index is 1.89. The van der Waals surface area contributed by atoms with Gasteiger partial charge in [0.2, 0.25) is 11.8 Å². The van der Waals surface area contributed by atoms with Crippen molar-refractivity contribution in [2.24, 2.45) is 0 Å². The van der Waals surface area contributed by atoms with Gasteiger partial charge in [0, 0.05) is 13.6 Å². The third-order valence-corrected chi connectivity index (χ3v) is 3.79. The first-order valence-electron chi connectivity index (χ1n) is 6.21. The van der Waals surface area contributed by atoms with Crippen LogP contribution in [0.25, 0.3) is 0 Å². The minimum atomic E-state index is -0.299. The van der Waals surface area contributed by atoms with Crippen LogP contribution in [0, 0.1) is 0 Å². The summed E-state index contributed by atoms with van der Waals surface area (Å²) in [5, 5.41) is 6.32. The minimum absolute atomic E-state index is 0.00794. The van der Waals surface area contributed by atoms with Crippen LogP contribution < -0.4 is 10.6 Å². The summed E-state index contributed by atoms with van der Waals surface area (Å²) in [6, 6.07) is 4.69. The van der Waals surface area contributed by atoms with Gasteiger partial charge in [-0.05, 0) is 18.6 Å². The van der Waals surface area contributed by atoms with E-state index in [1.807, 2.05) is 0 Å². The smallest absolute Gasteiger partial charge is 0.239 e. The van der Waals surface area contributed by atoms with E-state index in [9.17, 15) is 9.59 Å². The molecule has 0 bridgehead atoms. The Morgan fingerprint density at radius 2 is 2.05 bits per heavy atom. The lowest BCUT2D eigenvalue weighted by molar-refractivity contribution is -0.128. The first-order valence-corrected chi connectivity index (χ1v) is 6.97. The van der Waals surface area contributed by atoms with Crippen LogP contribution in [-0.2, 0) is 9.59 Å². The normalized spacial score (nSPS) is 18.4. The maximum absolute atomic E-state index is 11.8. The Hall–Kier alpha value is -1.30. The Labute approximate surface area is 127 Å². The lowest BCUT2D eigenvalue weighted by Crippen LogP contribution is -2.41. The van der Waals surface area contributed by atoms with Crippen molar-refractivity contribution in [3.63, 3.8) is 0 Å². The number of nitrogens with one attached hydrogen (secondary N) is 2. The van der Waals surface area contributed by atoms with Crippen LogP contribution in [0.5, 0.6) is 0 Å². The number of hydrogen-bond acceptors (Lipinski definition) is 3. The monoisotopic (exact) mass is 315 g/mol. The SMILES string of the molecule is CN1CCC(NCC(=O)Nc2c(Cl)cccc2Cl)C1=O. The molecule has 2 amide bonds. The molecule has 20 heavy (non-hydrogen) atoms. The second kappa shape index (κ2) is 6.43. The fraction of sp³-hybridized carbons (Fsp3) is 0.385. The summed E-state index contributed by atoms with van der Waals surface area (Å²) in [5.41, 5.74) is 0.387. The molecule has 1 atom stereocenters. The topological polar surface area (TPSA) is 61.4 Å². The maximum Gasteiger partial charge on any atom is 0.239 e. The number of anilines is 1. The molecule has 0 aliphatic carbocycles. The number of nitrogens with zero attached hydrogens (tertiary/aromatic N) is 1. The number of rotatable bonds is 4. The number of likely N-dealkylation sites (N-methyl/N-ethyl adjacent to an activating group) is 1. The van der Waals surface area contributed by atoms with Crippen LogP contribution in [0.1, 0.15) is 6.42 Å². The Morgan fingerprint density at radius 1 is 1.40 bits per heavy atom. The van der Waals surface area contributed by atoms with E-state index in [1.165, 1.54) is 0 Å². The second-order valence-corrected chi connectivity index (χ2v) is 5.44. The van der Waals surface area contributed by atoms with Crippen LogP contribution in [0.4, 0.5) is 5.69 Å². The van der Waals surface area contributed by atoms with Crippen LogP contribution in [0.3, 0.4) is 0 Å². The number of para-hydroxylation sites is 1. The highest BCUT2D eigenvalue weighted by molar-refractivity contribution is 6.39. The standard InChI is InChI=1S/C13H15Cl2N3O2/c1-18-6-5-10(13(18)20)16-7-11(19)17-12-8(14)3-2-4-9(12)15/h2-4,10,16H,5-7H2,1H3,(H,17,19). The molecule has 2 N–H and O–H groups in total. The number of carbonyl (C=O) groups excluding carboxylic acids is 2. The van der Waals surface area contributed by atoms with E-state index >= 15 is 0 Å². The van der Waals surface area contributed by atoms with Crippen LogP contribution in [0.2, 0.25) is 10.0 Å². The van der Waals surface area contributed by atoms with Crippen molar-refractivity contribution in [3.8, 4) is 0 Å². The molecule has 1 aromatic carbocycles. The fourth-order valence-electron chi connectivity index (χ4n) is 2.03. The van der Waals surface area contributed by atoms with Gasteiger partial charge in [-0.3, -0.25) is 14.9 Å². The maximum atomic E-state index is 11.8. The van der Waals surface area contributed by atoms with Gasteiger partial charge in [-0.15, -0.1) is 0 Å². The van der Waals surface area contributed by atoms with E-state index in [0.717, 1.165) is 0 Å². The third-order valence-electron chi connectivity index (χ3n) is 3.16. The third kappa shape index (κ3) is 3.42. The number of hydrogen-bond donors (Lipinski definition) is 2. The number of amides is 2. The van der Waals surface area contributed by atoms with Gasteiger partial charge in [0.15, 0.2) is 0 Å². The molecule has 0 spiro atoms. The molecule has 7 heteroatoms. The van der Waals surface area contributed by atoms with Crippen molar-refractivity contribution < 1.29 is 9.59 Å². The van der Waals surface area contributed by atoms with Crippen molar-refractivity contribution >= 4 is 40.7 Å². The number of benzene rings is 1. The zero-order valence-corrected chi connectivity index (χ0v) is 12.5. The van der Waals surface area contributed by atoms with Crippen molar-refractivity contribution in [3.05, 3.63) is 28.2 Å². The molecule has 1 aromatic rings. The van der Waals surface area contributed by atoms with Gasteiger partial charge >= 0.3 is 0 Å². The van der Waals surface area contributed by atoms with Gasteiger partial charge in [0.05, 0.1) is 28.3 Å². The predicted molar refractivity (Wildman–Crippen MR) is 79.1 cm³/mol. The molecule has 0 radical (unpaired) electrons. The number of halogens is 2. The highest BCUT2D eigenvalue weighted by atomic mass is 35.5. The summed E-state index contributed by atoms with van der Waals surface area (Å²) in [4.78, 5) is 25.2. The van der Waals surface area contributed by atoms with Crippen LogP contribution >= 0.6 is 23.2 Å². The molecule has 0 saturated carbocycles. The highest BCUT2D eigenvalue weighted by Gasteiger charge is 2.28. The molecule has 1 aliphatic heterocycles. The zero-order chi connectivity index (χ0) is 14.7. The van der Waals surface area contributed by atoms with Gasteiger partial charge in [0.1, 0.15) is 0 Å². The van der Waals surface area contributed by atoms with Crippen molar-refractivity contribution in [1.29, 1.82) is 0 Å². The van der Waals surface area contributed by atoms with E-state index in [4.69, 9.17) is 23.2 Å². The minimum Gasteiger partial charge on any atom is -0.344 e. The molecule has 0 aromatic heterocycles. The molecule has 1 unspecified atom stereocenters. The molecular weight excluding hydrogens is 301 g/mol. The highest BCUT2D eigenvalue weighted by Crippen LogP contribution is 2.29. The van der Waals surface area contributed by atoms with Gasteiger partial charge in [0.25, 0.3) is 0 Å². The quantitative estimate of drug-likeness (QED) is 0.890. The average molecular weight is 316 g/mol. The second-order valence-electron chi connectivity index (χ2n) is 4.63. The van der Waals surface area contributed by atoms with E-state index in [-0.39, 0.29) is 24.4 Å². The Kier molecular flexibility index (Phi) is 4.86. The van der Waals surface area contributed by atoms with Gasteiger partial charge in [-0.2, -0.15) is 0 Å². The summed E-state index contributed by atoms with van der Waals surface area (Å²) in [5.74, 6) is -0.282. The lowest BCUT2D eigenvalue weighted by atomic mass is 10.2. The van der Waals surface area contributed by atoms with Crippen molar-refractivity contribution in [2.45, 2.75) is 12.5 Å². The fourth-order valence-corrected chi connectivity index (χ4v) is 2.52. The van der Waals surface area contributed by atoms with Gasteiger partial charge in [-0.1, -0.05) is 29.3 Å². The van der Waals surface area contributed by atoms with Crippen molar-refractivity contribution in [1.82, 2.24) is 10.2 Å². The molecule has 1 heterocycles. The molecule has 1 fully saturated rings. The van der Waals surface area contributed by atoms with E-state index in [0.29, 0.717) is 28.7 Å². The largest absolute Gasteiger partial charge is 0.344 e. The summed E-state index contributed by atoms with van der Waals surface area (Å²) in [7, 11) is 1.74. The summed E-state index contributed by atoms with van der Waals surface area (Å²) >= 11 is 11.9. The first kappa shape index (κ1) is 15.1. The van der Waals surface area contributed by atoms with Gasteiger partial charge < -0.3 is 10.2 Å². The summed E-state index contributed by atoms with van der Waals surface area (Å²) in [6.07, 6.45) is 0.704. The van der Waals surface area contributed by atoms with E-state index in [1.54, 1.807) is 30.1 Å². The molecule has 2 rings (SSSR count). The summed E-state index contributed by atoms with van der Waals surface area (Å²) in [6.45, 7) is 0.736. The first-order chi connectivity index (χ1) is 9.49. The molecule has 5 nitrogen and oxygen atoms in total. The van der Waals surface area contributed by atoms with Crippen molar-refractivity contribution in [2.75, 3.05) is 25.5 Å². The lowest BCUT2D eigenvalue weighted by Gasteiger charge is -2.13. The molecule has 1 aliphatic rings. The van der Waals surface area contributed by atoms with E-state index in [2.05, 4.69) is 10.6 Å². The van der Waals surface area contributed by atoms with E-state index < -0.39 is 0 Å². The van der Waals surface area contributed by atoms with Crippen LogP contribution in [0.15, 0.2) is 18.2 Å².